The highest BCUT2D eigenvalue weighted by atomic mass is 16.5. The standard InChI is InChI=1S/C11H22N2O4/c1-3-13(9-10(14)15)11(16)12-7-5-4-6-8-17-2/h3-9H2,1-2H3,(H,12,16)(H,14,15). The third-order valence-corrected chi connectivity index (χ3v) is 2.30. The van der Waals surface area contributed by atoms with Gasteiger partial charge in [-0.1, -0.05) is 0 Å². The zero-order valence-electron chi connectivity index (χ0n) is 10.6. The molecule has 0 aliphatic heterocycles. The van der Waals surface area contributed by atoms with Gasteiger partial charge in [-0.3, -0.25) is 4.79 Å². The van der Waals surface area contributed by atoms with Crippen molar-refractivity contribution < 1.29 is 19.4 Å². The Labute approximate surface area is 102 Å². The summed E-state index contributed by atoms with van der Waals surface area (Å²) in [5.74, 6) is -0.998. The molecule has 0 rings (SSSR count). The summed E-state index contributed by atoms with van der Waals surface area (Å²) in [5.41, 5.74) is 0. The molecular formula is C11H22N2O4. The molecule has 0 aliphatic rings. The minimum Gasteiger partial charge on any atom is -0.480 e. The number of urea groups is 1. The van der Waals surface area contributed by atoms with Gasteiger partial charge < -0.3 is 20.1 Å². The van der Waals surface area contributed by atoms with E-state index in [4.69, 9.17) is 9.84 Å². The second kappa shape index (κ2) is 9.89. The number of unbranched alkanes of at least 4 members (excludes halogenated alkanes) is 2. The number of likely N-dealkylation sites (N-methyl/N-ethyl adjacent to an activating group) is 1. The van der Waals surface area contributed by atoms with Crippen LogP contribution in [-0.2, 0) is 9.53 Å². The highest BCUT2D eigenvalue weighted by Gasteiger charge is 2.13. The monoisotopic (exact) mass is 246 g/mol. The fraction of sp³-hybridized carbons (Fsp3) is 0.818. The zero-order chi connectivity index (χ0) is 13.1. The largest absolute Gasteiger partial charge is 0.480 e. The van der Waals surface area contributed by atoms with Gasteiger partial charge in [0.25, 0.3) is 0 Å². The zero-order valence-corrected chi connectivity index (χ0v) is 10.6. The summed E-state index contributed by atoms with van der Waals surface area (Å²) in [6.45, 7) is 3.18. The van der Waals surface area contributed by atoms with Gasteiger partial charge in [0.1, 0.15) is 6.54 Å². The third kappa shape index (κ3) is 8.50. The van der Waals surface area contributed by atoms with Crippen molar-refractivity contribution >= 4 is 12.0 Å². The van der Waals surface area contributed by atoms with Gasteiger partial charge in [0.15, 0.2) is 0 Å². The number of rotatable bonds is 9. The van der Waals surface area contributed by atoms with Gasteiger partial charge in [0.2, 0.25) is 0 Å². The van der Waals surface area contributed by atoms with Crippen LogP contribution in [0.4, 0.5) is 4.79 Å². The topological polar surface area (TPSA) is 78.9 Å². The average Bonchev–Trinajstić information content (AvgIpc) is 2.30. The molecule has 0 atom stereocenters. The summed E-state index contributed by atoms with van der Waals surface area (Å²) < 4.78 is 4.91. The van der Waals surface area contributed by atoms with E-state index in [1.54, 1.807) is 14.0 Å². The molecule has 0 radical (unpaired) electrons. The number of methoxy groups -OCH3 is 1. The fourth-order valence-electron chi connectivity index (χ4n) is 1.35. The van der Waals surface area contributed by atoms with Crippen molar-refractivity contribution in [3.8, 4) is 0 Å². The molecule has 0 saturated heterocycles. The van der Waals surface area contributed by atoms with E-state index in [0.29, 0.717) is 13.1 Å². The molecule has 6 heteroatoms. The normalized spacial score (nSPS) is 10.0. The average molecular weight is 246 g/mol. The lowest BCUT2D eigenvalue weighted by Crippen LogP contribution is -2.42. The first-order valence-electron chi connectivity index (χ1n) is 5.85. The minimum atomic E-state index is -0.998. The van der Waals surface area contributed by atoms with Gasteiger partial charge in [-0.25, -0.2) is 4.79 Å². The molecule has 0 unspecified atom stereocenters. The molecule has 0 spiro atoms. The predicted molar refractivity (Wildman–Crippen MR) is 64.0 cm³/mol. The van der Waals surface area contributed by atoms with Crippen molar-refractivity contribution in [3.05, 3.63) is 0 Å². The number of carboxylic acids is 1. The van der Waals surface area contributed by atoms with E-state index in [-0.39, 0.29) is 12.6 Å². The highest BCUT2D eigenvalue weighted by molar-refractivity contribution is 5.79. The van der Waals surface area contributed by atoms with Crippen LogP contribution in [0.15, 0.2) is 0 Å². The number of nitrogens with zero attached hydrogens (tertiary/aromatic N) is 1. The molecular weight excluding hydrogens is 224 g/mol. The Balaban J connectivity index is 3.64. The van der Waals surface area contributed by atoms with Crippen molar-refractivity contribution in [2.45, 2.75) is 26.2 Å². The van der Waals surface area contributed by atoms with Gasteiger partial charge in [-0.15, -0.1) is 0 Å². The molecule has 0 aliphatic carbocycles. The number of hydrogen-bond acceptors (Lipinski definition) is 3. The number of carbonyl (C=O) groups is 2. The van der Waals surface area contributed by atoms with Crippen molar-refractivity contribution in [1.82, 2.24) is 10.2 Å². The summed E-state index contributed by atoms with van der Waals surface area (Å²) in [5, 5.41) is 11.3. The fourth-order valence-corrected chi connectivity index (χ4v) is 1.35. The first-order valence-corrected chi connectivity index (χ1v) is 5.85. The number of hydrogen-bond donors (Lipinski definition) is 2. The highest BCUT2D eigenvalue weighted by Crippen LogP contribution is 1.95. The summed E-state index contributed by atoms with van der Waals surface area (Å²) in [4.78, 5) is 23.3. The van der Waals surface area contributed by atoms with E-state index >= 15 is 0 Å². The van der Waals surface area contributed by atoms with Crippen molar-refractivity contribution in [1.29, 1.82) is 0 Å². The van der Waals surface area contributed by atoms with E-state index < -0.39 is 5.97 Å². The van der Waals surface area contributed by atoms with E-state index in [0.717, 1.165) is 25.9 Å². The number of carboxylic acid groups (broad SMARTS) is 1. The van der Waals surface area contributed by atoms with E-state index in [2.05, 4.69) is 5.32 Å². The first-order chi connectivity index (χ1) is 8.11. The Morgan fingerprint density at radius 1 is 1.29 bits per heavy atom. The lowest BCUT2D eigenvalue weighted by atomic mass is 10.2. The van der Waals surface area contributed by atoms with E-state index in [1.165, 1.54) is 4.90 Å². The summed E-state index contributed by atoms with van der Waals surface area (Å²) in [7, 11) is 1.66. The van der Waals surface area contributed by atoms with E-state index in [1.807, 2.05) is 0 Å². The van der Waals surface area contributed by atoms with Gasteiger partial charge in [-0.05, 0) is 26.2 Å². The Kier molecular flexibility index (Phi) is 9.14. The number of amides is 2. The quantitative estimate of drug-likeness (QED) is 0.593. The Bertz CT molecular complexity index is 234. The third-order valence-electron chi connectivity index (χ3n) is 2.30. The Morgan fingerprint density at radius 2 is 2.00 bits per heavy atom. The molecule has 2 N–H and O–H groups in total. The lowest BCUT2D eigenvalue weighted by Gasteiger charge is -2.19. The smallest absolute Gasteiger partial charge is 0.323 e. The van der Waals surface area contributed by atoms with Crippen LogP contribution in [0.5, 0.6) is 0 Å². The molecule has 100 valence electrons. The van der Waals surface area contributed by atoms with Crippen LogP contribution < -0.4 is 5.32 Å². The summed E-state index contributed by atoms with van der Waals surface area (Å²) in [6, 6.07) is -0.318. The van der Waals surface area contributed by atoms with Crippen LogP contribution >= 0.6 is 0 Å². The maximum absolute atomic E-state index is 11.5. The van der Waals surface area contributed by atoms with Gasteiger partial charge in [0, 0.05) is 26.8 Å². The van der Waals surface area contributed by atoms with Crippen molar-refractivity contribution in [3.63, 3.8) is 0 Å². The van der Waals surface area contributed by atoms with Gasteiger partial charge in [-0.2, -0.15) is 0 Å². The molecule has 2 amide bonds. The molecule has 0 aromatic carbocycles. The summed E-state index contributed by atoms with van der Waals surface area (Å²) >= 11 is 0. The second-order valence-corrected chi connectivity index (χ2v) is 3.69. The van der Waals surface area contributed by atoms with E-state index in [9.17, 15) is 9.59 Å². The first kappa shape index (κ1) is 15.7. The second-order valence-electron chi connectivity index (χ2n) is 3.69. The van der Waals surface area contributed by atoms with Crippen LogP contribution in [0.3, 0.4) is 0 Å². The van der Waals surface area contributed by atoms with Crippen LogP contribution in [0, 0.1) is 0 Å². The van der Waals surface area contributed by atoms with Crippen molar-refractivity contribution in [2.24, 2.45) is 0 Å². The maximum Gasteiger partial charge on any atom is 0.323 e. The number of carbonyl (C=O) groups excluding carboxylic acids is 1. The molecule has 17 heavy (non-hydrogen) atoms. The Hall–Kier alpha value is -1.30. The van der Waals surface area contributed by atoms with Crippen LogP contribution in [0.25, 0.3) is 0 Å². The molecule has 6 nitrogen and oxygen atoms in total. The molecule has 0 aromatic rings. The maximum atomic E-state index is 11.5. The molecule has 0 heterocycles. The SMILES string of the molecule is CCN(CC(=O)O)C(=O)NCCCCCOC. The van der Waals surface area contributed by atoms with Crippen molar-refractivity contribution in [2.75, 3.05) is 33.4 Å². The molecule has 0 fully saturated rings. The van der Waals surface area contributed by atoms with Crippen LogP contribution in [-0.4, -0.2) is 55.4 Å². The van der Waals surface area contributed by atoms with Crippen LogP contribution in [0.1, 0.15) is 26.2 Å². The van der Waals surface area contributed by atoms with Gasteiger partial charge >= 0.3 is 12.0 Å². The number of nitrogens with one attached hydrogen (secondary N) is 1. The molecule has 0 aromatic heterocycles. The van der Waals surface area contributed by atoms with Gasteiger partial charge in [0.05, 0.1) is 0 Å². The number of ether oxygens (including phenoxy) is 1. The summed E-state index contributed by atoms with van der Waals surface area (Å²) in [6.07, 6.45) is 2.83. The number of aliphatic carboxylic acids is 1. The predicted octanol–water partition coefficient (Wildman–Crippen LogP) is 0.919. The lowest BCUT2D eigenvalue weighted by molar-refractivity contribution is -0.137. The minimum absolute atomic E-state index is 0.258. The molecule has 0 bridgehead atoms. The Morgan fingerprint density at radius 3 is 2.53 bits per heavy atom. The molecule has 0 saturated carbocycles. The van der Waals surface area contributed by atoms with Crippen LogP contribution in [0.2, 0.25) is 0 Å².